The first-order chi connectivity index (χ1) is 12.9. The van der Waals surface area contributed by atoms with Crippen LogP contribution >= 0.6 is 0 Å². The van der Waals surface area contributed by atoms with Gasteiger partial charge in [-0.2, -0.15) is 0 Å². The highest BCUT2D eigenvalue weighted by molar-refractivity contribution is 5.95. The predicted octanol–water partition coefficient (Wildman–Crippen LogP) is 5.81. The van der Waals surface area contributed by atoms with Gasteiger partial charge >= 0.3 is 17.9 Å². The highest BCUT2D eigenvalue weighted by atomic mass is 16.6. The Labute approximate surface area is 164 Å². The maximum Gasteiger partial charge on any atom is 0.338 e. The van der Waals surface area contributed by atoms with Crippen LogP contribution in [0.5, 0.6) is 0 Å². The third-order valence-corrected chi connectivity index (χ3v) is 4.49. The van der Waals surface area contributed by atoms with Gasteiger partial charge in [-0.1, -0.05) is 90.9 Å². The van der Waals surface area contributed by atoms with Crippen LogP contribution in [-0.2, 0) is 19.1 Å². The second-order valence-corrected chi connectivity index (χ2v) is 7.64. The zero-order chi connectivity index (χ0) is 20.3. The normalized spacial score (nSPS) is 11.2. The number of hydrogen-bond acceptors (Lipinski definition) is 4. The second kappa shape index (κ2) is 17.7. The van der Waals surface area contributed by atoms with Crippen molar-refractivity contribution in [2.75, 3.05) is 0 Å². The van der Waals surface area contributed by atoms with Crippen molar-refractivity contribution >= 4 is 17.9 Å². The van der Waals surface area contributed by atoms with Gasteiger partial charge < -0.3 is 9.84 Å². The number of carbonyl (C=O) groups is 3. The lowest BCUT2D eigenvalue weighted by atomic mass is 10.0. The summed E-state index contributed by atoms with van der Waals surface area (Å²) in [5, 5.41) is 8.37. The molecule has 5 heteroatoms. The molecule has 0 fully saturated rings. The highest BCUT2D eigenvalue weighted by Crippen LogP contribution is 2.14. The van der Waals surface area contributed by atoms with Gasteiger partial charge in [0.25, 0.3) is 0 Å². The zero-order valence-corrected chi connectivity index (χ0v) is 17.2. The Balaban J connectivity index is 3.32. The third-order valence-electron chi connectivity index (χ3n) is 4.49. The number of carboxylic acid groups (broad SMARTS) is 1. The third kappa shape index (κ3) is 20.5. The first kappa shape index (κ1) is 25.4. The average Bonchev–Trinajstić information content (AvgIpc) is 2.60. The standard InChI is InChI=1S/C22H38O5/c1-19(2)15-13-11-9-7-5-3-4-6-8-10-12-14-16-21(25)27-22(26)18-17-20(23)24/h17-19H,3-16H2,1-2H3,(H,23,24)/b18-17-. The molecule has 0 heterocycles. The maximum atomic E-state index is 11.4. The average molecular weight is 383 g/mol. The number of hydrogen-bond donors (Lipinski definition) is 1. The largest absolute Gasteiger partial charge is 0.478 e. The fourth-order valence-corrected chi connectivity index (χ4v) is 2.93. The molecular formula is C22H38O5. The SMILES string of the molecule is CC(C)CCCCCCCCCCCCCCC(=O)OC(=O)/C=C\C(=O)O. The van der Waals surface area contributed by atoms with E-state index in [2.05, 4.69) is 18.6 Å². The number of aliphatic carboxylic acids is 1. The van der Waals surface area contributed by atoms with Crippen LogP contribution in [0.15, 0.2) is 12.2 Å². The lowest BCUT2D eigenvalue weighted by Gasteiger charge is -2.05. The Morgan fingerprint density at radius 2 is 1.19 bits per heavy atom. The van der Waals surface area contributed by atoms with Gasteiger partial charge in [0.05, 0.1) is 0 Å². The summed E-state index contributed by atoms with van der Waals surface area (Å²) < 4.78 is 4.49. The summed E-state index contributed by atoms with van der Waals surface area (Å²) in [6.07, 6.45) is 17.6. The summed E-state index contributed by atoms with van der Waals surface area (Å²) in [6.45, 7) is 4.57. The van der Waals surface area contributed by atoms with Crippen molar-refractivity contribution < 1.29 is 24.2 Å². The molecule has 0 bridgehead atoms. The number of esters is 2. The van der Waals surface area contributed by atoms with E-state index in [1.165, 1.54) is 64.2 Å². The summed E-state index contributed by atoms with van der Waals surface area (Å²) in [4.78, 5) is 32.8. The smallest absolute Gasteiger partial charge is 0.338 e. The lowest BCUT2D eigenvalue weighted by molar-refractivity contribution is -0.156. The first-order valence-electron chi connectivity index (χ1n) is 10.6. The summed E-state index contributed by atoms with van der Waals surface area (Å²) in [7, 11) is 0. The molecule has 0 atom stereocenters. The lowest BCUT2D eigenvalue weighted by Crippen LogP contribution is -2.10. The van der Waals surface area contributed by atoms with Crippen molar-refractivity contribution in [3.05, 3.63) is 12.2 Å². The van der Waals surface area contributed by atoms with Gasteiger partial charge in [-0.05, 0) is 12.3 Å². The molecule has 0 amide bonds. The Hall–Kier alpha value is -1.65. The fourth-order valence-electron chi connectivity index (χ4n) is 2.93. The molecule has 0 unspecified atom stereocenters. The van der Waals surface area contributed by atoms with Crippen LogP contribution in [0.3, 0.4) is 0 Å². The van der Waals surface area contributed by atoms with Crippen LogP contribution in [0.25, 0.3) is 0 Å². The first-order valence-corrected chi connectivity index (χ1v) is 10.6. The van der Waals surface area contributed by atoms with Gasteiger partial charge in [0.15, 0.2) is 0 Å². The van der Waals surface area contributed by atoms with Crippen LogP contribution in [0.1, 0.15) is 104 Å². The summed E-state index contributed by atoms with van der Waals surface area (Å²) >= 11 is 0. The minimum Gasteiger partial charge on any atom is -0.478 e. The van der Waals surface area contributed by atoms with Crippen LogP contribution in [-0.4, -0.2) is 23.0 Å². The molecule has 0 rings (SSSR count). The molecule has 0 aromatic rings. The quantitative estimate of drug-likeness (QED) is 0.148. The zero-order valence-electron chi connectivity index (χ0n) is 17.2. The topological polar surface area (TPSA) is 80.7 Å². The van der Waals surface area contributed by atoms with Gasteiger partial charge in [-0.3, -0.25) is 4.79 Å². The molecule has 156 valence electrons. The van der Waals surface area contributed by atoms with Gasteiger partial charge in [0, 0.05) is 18.6 Å². The van der Waals surface area contributed by atoms with E-state index in [0.29, 0.717) is 12.5 Å². The van der Waals surface area contributed by atoms with Crippen LogP contribution in [0.4, 0.5) is 0 Å². The molecule has 0 aliphatic heterocycles. The van der Waals surface area contributed by atoms with E-state index in [1.807, 2.05) is 0 Å². The molecule has 0 aromatic carbocycles. The van der Waals surface area contributed by atoms with Crippen molar-refractivity contribution in [3.63, 3.8) is 0 Å². The summed E-state index contributed by atoms with van der Waals surface area (Å²) in [5.74, 6) is -1.94. The summed E-state index contributed by atoms with van der Waals surface area (Å²) in [5.41, 5.74) is 0. The Kier molecular flexibility index (Phi) is 16.7. The van der Waals surface area contributed by atoms with Crippen LogP contribution in [0, 0.1) is 5.92 Å². The van der Waals surface area contributed by atoms with Gasteiger partial charge in [0.2, 0.25) is 0 Å². The maximum absolute atomic E-state index is 11.4. The van der Waals surface area contributed by atoms with Gasteiger partial charge in [-0.25, -0.2) is 9.59 Å². The number of carboxylic acids is 1. The molecule has 27 heavy (non-hydrogen) atoms. The molecule has 5 nitrogen and oxygen atoms in total. The van der Waals surface area contributed by atoms with Gasteiger partial charge in [-0.15, -0.1) is 0 Å². The minimum atomic E-state index is -1.25. The molecule has 0 spiro atoms. The highest BCUT2D eigenvalue weighted by Gasteiger charge is 2.07. The number of carbonyl (C=O) groups excluding carboxylic acids is 2. The van der Waals surface area contributed by atoms with E-state index in [4.69, 9.17) is 5.11 Å². The monoisotopic (exact) mass is 382 g/mol. The van der Waals surface area contributed by atoms with Crippen LogP contribution in [0.2, 0.25) is 0 Å². The molecule has 0 aliphatic carbocycles. The number of unbranched alkanes of at least 4 members (excludes halogenated alkanes) is 11. The predicted molar refractivity (Wildman–Crippen MR) is 107 cm³/mol. The van der Waals surface area contributed by atoms with Crippen molar-refractivity contribution in [2.24, 2.45) is 5.92 Å². The van der Waals surface area contributed by atoms with Crippen molar-refractivity contribution in [2.45, 2.75) is 104 Å². The Morgan fingerprint density at radius 1 is 0.741 bits per heavy atom. The molecule has 0 saturated heterocycles. The van der Waals surface area contributed by atoms with E-state index >= 15 is 0 Å². The molecule has 0 aromatic heterocycles. The molecule has 0 saturated carbocycles. The molecular weight excluding hydrogens is 344 g/mol. The van der Waals surface area contributed by atoms with Crippen molar-refractivity contribution in [3.8, 4) is 0 Å². The second-order valence-electron chi connectivity index (χ2n) is 7.64. The fraction of sp³-hybridized carbons (Fsp3) is 0.773. The minimum absolute atomic E-state index is 0.198. The van der Waals surface area contributed by atoms with Crippen LogP contribution < -0.4 is 0 Å². The molecule has 0 aliphatic rings. The van der Waals surface area contributed by atoms with E-state index in [1.54, 1.807) is 0 Å². The van der Waals surface area contributed by atoms with Crippen molar-refractivity contribution in [1.82, 2.24) is 0 Å². The molecule has 0 radical (unpaired) electrons. The van der Waals surface area contributed by atoms with E-state index in [-0.39, 0.29) is 6.42 Å². The summed E-state index contributed by atoms with van der Waals surface area (Å²) in [6, 6.07) is 0. The van der Waals surface area contributed by atoms with Crippen molar-refractivity contribution in [1.29, 1.82) is 0 Å². The number of rotatable bonds is 17. The van der Waals surface area contributed by atoms with E-state index in [9.17, 15) is 14.4 Å². The molecule has 1 N–H and O–H groups in total. The van der Waals surface area contributed by atoms with E-state index < -0.39 is 17.9 Å². The number of ether oxygens (including phenoxy) is 1. The Bertz CT molecular complexity index is 440. The van der Waals surface area contributed by atoms with Gasteiger partial charge in [0.1, 0.15) is 0 Å². The van der Waals surface area contributed by atoms with E-state index in [0.717, 1.165) is 24.8 Å². The Morgan fingerprint density at radius 3 is 1.63 bits per heavy atom.